The number of carboxylic acid groups (broad SMARTS) is 1. The molecule has 0 bridgehead atoms. The number of ether oxygens (including phenoxy) is 2. The average Bonchev–Trinajstić information content (AvgIpc) is 3.09. The van der Waals surface area contributed by atoms with Gasteiger partial charge in [-0.2, -0.15) is 0 Å². The molecule has 10 nitrogen and oxygen atoms in total. The first-order valence-electron chi connectivity index (χ1n) is 19.2. The quantitative estimate of drug-likeness (QED) is 0.0246. The number of carbonyl (C=O) groups is 2. The van der Waals surface area contributed by atoms with Crippen molar-refractivity contribution >= 4 is 19.8 Å². The fraction of sp³-hybridized carbons (Fsp3) is 0.744. The minimum Gasteiger partial charge on any atom is -0.480 e. The van der Waals surface area contributed by atoms with Crippen LogP contribution in [-0.2, 0) is 32.7 Å². The van der Waals surface area contributed by atoms with Gasteiger partial charge < -0.3 is 25.2 Å². The molecule has 0 amide bonds. The van der Waals surface area contributed by atoms with Crippen LogP contribution in [0.15, 0.2) is 48.6 Å². The van der Waals surface area contributed by atoms with Gasteiger partial charge in [-0.3, -0.25) is 18.6 Å². The summed E-state index contributed by atoms with van der Waals surface area (Å²) in [4.78, 5) is 33.3. The van der Waals surface area contributed by atoms with Crippen molar-refractivity contribution in [3.8, 4) is 0 Å². The summed E-state index contributed by atoms with van der Waals surface area (Å²) in [6.45, 7) is 3.69. The van der Waals surface area contributed by atoms with Gasteiger partial charge in [0.15, 0.2) is 0 Å². The predicted octanol–water partition coefficient (Wildman–Crippen LogP) is 9.92. The Bertz CT molecular complexity index is 983. The van der Waals surface area contributed by atoms with Crippen LogP contribution in [0.2, 0.25) is 0 Å². The number of allylic oxidation sites excluding steroid dienone is 8. The number of phosphoric acid groups is 1. The van der Waals surface area contributed by atoms with E-state index in [1.807, 2.05) is 0 Å². The van der Waals surface area contributed by atoms with E-state index in [9.17, 15) is 19.0 Å². The third-order valence-corrected chi connectivity index (χ3v) is 8.82. The third-order valence-electron chi connectivity index (χ3n) is 7.87. The fourth-order valence-electron chi connectivity index (χ4n) is 4.89. The van der Waals surface area contributed by atoms with E-state index in [-0.39, 0.29) is 13.0 Å². The number of nitrogens with two attached hydrogens (primary N) is 1. The molecule has 50 heavy (non-hydrogen) atoms. The number of hydrogen-bond donors (Lipinski definition) is 3. The topological polar surface area (TPSA) is 155 Å². The van der Waals surface area contributed by atoms with Crippen molar-refractivity contribution in [2.45, 2.75) is 161 Å². The third kappa shape index (κ3) is 34.4. The first-order chi connectivity index (χ1) is 24.2. The molecule has 0 aliphatic carbocycles. The van der Waals surface area contributed by atoms with Crippen LogP contribution in [0, 0.1) is 0 Å². The van der Waals surface area contributed by atoms with Gasteiger partial charge in [0.1, 0.15) is 12.1 Å². The number of phosphoric ester groups is 1. The molecule has 0 rings (SSSR count). The van der Waals surface area contributed by atoms with Gasteiger partial charge >= 0.3 is 19.8 Å². The number of esters is 1. The van der Waals surface area contributed by atoms with Crippen molar-refractivity contribution < 1.29 is 42.7 Å². The molecule has 0 aliphatic heterocycles. The molecule has 0 aliphatic rings. The summed E-state index contributed by atoms with van der Waals surface area (Å²) in [5.41, 5.74) is 5.33. The molecular formula is C39H70NO9P. The van der Waals surface area contributed by atoms with Crippen molar-refractivity contribution in [3.63, 3.8) is 0 Å². The van der Waals surface area contributed by atoms with E-state index >= 15 is 0 Å². The number of hydrogen-bond acceptors (Lipinski definition) is 8. The molecule has 0 heterocycles. The lowest BCUT2D eigenvalue weighted by Gasteiger charge is -2.20. The standard InChI is InChI=1S/C39H70NO9P/c1-3-5-7-9-11-13-15-16-17-18-19-20-21-22-24-26-28-30-32-46-33-36(34-47-50(44,45)48-35-37(40)39(42)43)49-38(41)31-29-27-25-23-14-12-10-8-6-4-2/h5,7,11,13,16-17,19-20,36-37H,3-4,6,8-10,12,14-15,18,21-35,40H2,1-2H3,(H,42,43)(H,44,45)/b7-5-,13-11-,17-16-,20-19-. The summed E-state index contributed by atoms with van der Waals surface area (Å²) in [6.07, 6.45) is 38.8. The van der Waals surface area contributed by atoms with Crippen LogP contribution in [0.3, 0.4) is 0 Å². The van der Waals surface area contributed by atoms with Crippen LogP contribution < -0.4 is 5.73 Å². The first kappa shape index (κ1) is 47.9. The van der Waals surface area contributed by atoms with Gasteiger partial charge in [0.25, 0.3) is 0 Å². The molecule has 0 spiro atoms. The molecule has 0 aromatic carbocycles. The minimum atomic E-state index is -4.61. The number of rotatable bonds is 36. The number of aliphatic carboxylic acids is 1. The SMILES string of the molecule is CC/C=C\C/C=C\C/C=C\C/C=C\CCCCCCCOCC(COP(=O)(O)OCC(N)C(=O)O)OC(=O)CCCCCCCCCCCC. The molecule has 3 unspecified atom stereocenters. The van der Waals surface area contributed by atoms with Crippen LogP contribution in [0.1, 0.15) is 149 Å². The lowest BCUT2D eigenvalue weighted by Crippen LogP contribution is -2.34. The summed E-state index contributed by atoms with van der Waals surface area (Å²) in [5.74, 6) is -1.79. The predicted molar refractivity (Wildman–Crippen MR) is 203 cm³/mol. The van der Waals surface area contributed by atoms with E-state index < -0.39 is 45.1 Å². The summed E-state index contributed by atoms with van der Waals surface area (Å²) in [5, 5.41) is 8.86. The second-order valence-corrected chi connectivity index (χ2v) is 14.1. The van der Waals surface area contributed by atoms with Gasteiger partial charge in [-0.25, -0.2) is 4.57 Å². The van der Waals surface area contributed by atoms with Crippen molar-refractivity contribution in [3.05, 3.63) is 48.6 Å². The maximum atomic E-state index is 12.5. The molecule has 0 aromatic heterocycles. The number of carboxylic acids is 1. The van der Waals surface area contributed by atoms with Crippen LogP contribution in [0.25, 0.3) is 0 Å². The van der Waals surface area contributed by atoms with Crippen LogP contribution in [0.4, 0.5) is 0 Å². The Morgan fingerprint density at radius 3 is 1.74 bits per heavy atom. The second-order valence-electron chi connectivity index (χ2n) is 12.7. The average molecular weight is 728 g/mol. The largest absolute Gasteiger partial charge is 0.480 e. The molecule has 4 N–H and O–H groups in total. The fourth-order valence-corrected chi connectivity index (χ4v) is 5.67. The molecule has 0 saturated carbocycles. The van der Waals surface area contributed by atoms with Crippen molar-refractivity contribution in [2.75, 3.05) is 26.4 Å². The van der Waals surface area contributed by atoms with Gasteiger partial charge in [-0.1, -0.05) is 140 Å². The van der Waals surface area contributed by atoms with E-state index in [0.29, 0.717) is 13.0 Å². The molecular weight excluding hydrogens is 657 g/mol. The summed E-state index contributed by atoms with van der Waals surface area (Å²) >= 11 is 0. The Kier molecular flexibility index (Phi) is 33.9. The van der Waals surface area contributed by atoms with Gasteiger partial charge in [0.2, 0.25) is 0 Å². The molecule has 11 heteroatoms. The van der Waals surface area contributed by atoms with Crippen LogP contribution >= 0.6 is 7.82 Å². The van der Waals surface area contributed by atoms with E-state index in [1.165, 1.54) is 38.5 Å². The van der Waals surface area contributed by atoms with E-state index in [0.717, 1.165) is 83.5 Å². The molecule has 0 saturated heterocycles. The Labute approximate surface area is 303 Å². The second kappa shape index (κ2) is 35.3. The zero-order valence-corrected chi connectivity index (χ0v) is 32.1. The molecule has 3 atom stereocenters. The number of unbranched alkanes of at least 4 members (excludes halogenated alkanes) is 14. The highest BCUT2D eigenvalue weighted by molar-refractivity contribution is 7.47. The van der Waals surface area contributed by atoms with Crippen molar-refractivity contribution in [2.24, 2.45) is 5.73 Å². The Balaban J connectivity index is 4.30. The first-order valence-corrected chi connectivity index (χ1v) is 20.7. The highest BCUT2D eigenvalue weighted by Gasteiger charge is 2.27. The zero-order valence-electron chi connectivity index (χ0n) is 31.2. The highest BCUT2D eigenvalue weighted by Crippen LogP contribution is 2.43. The lowest BCUT2D eigenvalue weighted by atomic mass is 10.1. The van der Waals surface area contributed by atoms with E-state index in [1.54, 1.807) is 0 Å². The Hall–Kier alpha value is -2.07. The van der Waals surface area contributed by atoms with E-state index in [4.69, 9.17) is 24.8 Å². The van der Waals surface area contributed by atoms with Crippen LogP contribution in [-0.4, -0.2) is 60.5 Å². The highest BCUT2D eigenvalue weighted by atomic mass is 31.2. The molecule has 290 valence electrons. The Morgan fingerprint density at radius 1 is 0.660 bits per heavy atom. The van der Waals surface area contributed by atoms with Crippen molar-refractivity contribution in [1.82, 2.24) is 0 Å². The van der Waals surface area contributed by atoms with Gasteiger partial charge in [-0.05, 0) is 51.4 Å². The maximum absolute atomic E-state index is 12.5. The summed E-state index contributed by atoms with van der Waals surface area (Å²) in [6, 6.07) is -1.48. The molecule has 0 fully saturated rings. The normalized spacial score (nSPS) is 14.6. The maximum Gasteiger partial charge on any atom is 0.472 e. The zero-order chi connectivity index (χ0) is 37.0. The van der Waals surface area contributed by atoms with Crippen molar-refractivity contribution in [1.29, 1.82) is 0 Å². The smallest absolute Gasteiger partial charge is 0.472 e. The van der Waals surface area contributed by atoms with Gasteiger partial charge in [0, 0.05) is 13.0 Å². The summed E-state index contributed by atoms with van der Waals surface area (Å²) < 4.78 is 33.2. The summed E-state index contributed by atoms with van der Waals surface area (Å²) in [7, 11) is -4.61. The van der Waals surface area contributed by atoms with Gasteiger partial charge in [-0.15, -0.1) is 0 Å². The number of carbonyl (C=O) groups excluding carboxylic acids is 1. The van der Waals surface area contributed by atoms with E-state index in [2.05, 4.69) is 67.0 Å². The monoisotopic (exact) mass is 727 g/mol. The molecule has 0 aromatic rings. The van der Waals surface area contributed by atoms with Gasteiger partial charge in [0.05, 0.1) is 19.8 Å². The lowest BCUT2D eigenvalue weighted by molar-refractivity contribution is -0.154. The minimum absolute atomic E-state index is 0.00421. The Morgan fingerprint density at radius 2 is 1.16 bits per heavy atom. The molecule has 0 radical (unpaired) electrons. The van der Waals surface area contributed by atoms with Crippen LogP contribution in [0.5, 0.6) is 0 Å².